The number of benzene rings is 1. The number of carbonyl (C=O) groups excluding carboxylic acids is 1. The van der Waals surface area contributed by atoms with E-state index in [4.69, 9.17) is 0 Å². The fourth-order valence-electron chi connectivity index (χ4n) is 1.76. The highest BCUT2D eigenvalue weighted by Crippen LogP contribution is 2.13. The van der Waals surface area contributed by atoms with Gasteiger partial charge in [-0.2, -0.15) is 0 Å². The van der Waals surface area contributed by atoms with Gasteiger partial charge in [0.1, 0.15) is 0 Å². The molecule has 1 fully saturated rings. The molecule has 0 atom stereocenters. The normalized spacial score (nSPS) is 15.6. The van der Waals surface area contributed by atoms with Crippen LogP contribution in [0.25, 0.3) is 0 Å². The predicted molar refractivity (Wildman–Crippen MR) is 65.4 cm³/mol. The molecule has 86 valence electrons. The fraction of sp³-hybridized carbons (Fsp3) is 0.462. The van der Waals surface area contributed by atoms with Crippen molar-refractivity contribution in [3.05, 3.63) is 29.8 Å². The van der Waals surface area contributed by atoms with Gasteiger partial charge >= 0.3 is 0 Å². The first-order valence-corrected chi connectivity index (χ1v) is 5.90. The van der Waals surface area contributed by atoms with Crippen LogP contribution < -0.4 is 10.6 Å². The summed E-state index contributed by atoms with van der Waals surface area (Å²) in [6, 6.07) is 8.13. The Morgan fingerprint density at radius 3 is 2.56 bits per heavy atom. The van der Waals surface area contributed by atoms with E-state index in [-0.39, 0.29) is 11.8 Å². The smallest absolute Gasteiger partial charge is 0.230 e. The quantitative estimate of drug-likeness (QED) is 0.809. The lowest BCUT2D eigenvalue weighted by atomic mass is 10.0. The summed E-state index contributed by atoms with van der Waals surface area (Å²) < 4.78 is 0. The molecule has 1 saturated heterocycles. The maximum atomic E-state index is 11.7. The SMILES string of the molecule is CCCc1ccc(NC(=O)C2CNC2)cc1. The minimum absolute atomic E-state index is 0.127. The molecule has 0 radical (unpaired) electrons. The predicted octanol–water partition coefficient (Wildman–Crippen LogP) is 1.80. The molecule has 0 saturated carbocycles. The molecule has 1 aromatic carbocycles. The van der Waals surface area contributed by atoms with Crippen LogP contribution in [0, 0.1) is 5.92 Å². The maximum Gasteiger partial charge on any atom is 0.230 e. The second-order valence-corrected chi connectivity index (χ2v) is 4.29. The van der Waals surface area contributed by atoms with Crippen LogP contribution in [-0.4, -0.2) is 19.0 Å². The first kappa shape index (κ1) is 11.1. The van der Waals surface area contributed by atoms with Gasteiger partial charge < -0.3 is 10.6 Å². The number of aryl methyl sites for hydroxylation is 1. The molecule has 3 heteroatoms. The Labute approximate surface area is 96.2 Å². The van der Waals surface area contributed by atoms with Gasteiger partial charge in [0.15, 0.2) is 0 Å². The second kappa shape index (κ2) is 5.12. The van der Waals surface area contributed by atoms with Crippen molar-refractivity contribution >= 4 is 11.6 Å². The lowest BCUT2D eigenvalue weighted by molar-refractivity contribution is -0.121. The Morgan fingerprint density at radius 1 is 1.38 bits per heavy atom. The van der Waals surface area contributed by atoms with Crippen LogP contribution >= 0.6 is 0 Å². The number of amides is 1. The minimum atomic E-state index is 0.127. The first-order valence-electron chi connectivity index (χ1n) is 5.90. The third-order valence-corrected chi connectivity index (χ3v) is 2.91. The standard InChI is InChI=1S/C13H18N2O/c1-2-3-10-4-6-12(7-5-10)15-13(16)11-8-14-9-11/h4-7,11,14H,2-3,8-9H2,1H3,(H,15,16). The van der Waals surface area contributed by atoms with Gasteiger partial charge in [0, 0.05) is 18.8 Å². The number of anilines is 1. The molecule has 1 aromatic rings. The van der Waals surface area contributed by atoms with Crippen LogP contribution in [0.4, 0.5) is 5.69 Å². The van der Waals surface area contributed by atoms with Crippen LogP contribution in [0.15, 0.2) is 24.3 Å². The summed E-state index contributed by atoms with van der Waals surface area (Å²) in [7, 11) is 0. The highest BCUT2D eigenvalue weighted by Gasteiger charge is 2.24. The van der Waals surface area contributed by atoms with Crippen molar-refractivity contribution in [1.82, 2.24) is 5.32 Å². The molecule has 1 heterocycles. The Balaban J connectivity index is 1.91. The fourth-order valence-corrected chi connectivity index (χ4v) is 1.76. The molecule has 0 bridgehead atoms. The van der Waals surface area contributed by atoms with E-state index in [0.29, 0.717) is 0 Å². The monoisotopic (exact) mass is 218 g/mol. The van der Waals surface area contributed by atoms with Gasteiger partial charge in [-0.1, -0.05) is 25.5 Å². The van der Waals surface area contributed by atoms with E-state index in [1.807, 2.05) is 12.1 Å². The summed E-state index contributed by atoms with van der Waals surface area (Å²) in [4.78, 5) is 11.7. The van der Waals surface area contributed by atoms with Gasteiger partial charge in [0.2, 0.25) is 5.91 Å². The summed E-state index contributed by atoms with van der Waals surface area (Å²) in [5.74, 6) is 0.275. The average molecular weight is 218 g/mol. The van der Waals surface area contributed by atoms with E-state index >= 15 is 0 Å². The van der Waals surface area contributed by atoms with E-state index in [2.05, 4.69) is 29.7 Å². The van der Waals surface area contributed by atoms with Gasteiger partial charge in [0.25, 0.3) is 0 Å². The number of hydrogen-bond acceptors (Lipinski definition) is 2. The van der Waals surface area contributed by atoms with Gasteiger partial charge in [-0.05, 0) is 24.1 Å². The zero-order valence-electron chi connectivity index (χ0n) is 9.62. The summed E-state index contributed by atoms with van der Waals surface area (Å²) in [6.45, 7) is 3.78. The minimum Gasteiger partial charge on any atom is -0.326 e. The average Bonchev–Trinajstić information content (AvgIpc) is 2.18. The lowest BCUT2D eigenvalue weighted by Crippen LogP contribution is -2.48. The highest BCUT2D eigenvalue weighted by molar-refractivity contribution is 5.93. The van der Waals surface area contributed by atoms with E-state index < -0.39 is 0 Å². The van der Waals surface area contributed by atoms with Crippen molar-refractivity contribution in [2.24, 2.45) is 5.92 Å². The molecule has 3 nitrogen and oxygen atoms in total. The lowest BCUT2D eigenvalue weighted by Gasteiger charge is -2.25. The van der Waals surface area contributed by atoms with Crippen molar-refractivity contribution in [2.45, 2.75) is 19.8 Å². The molecule has 0 unspecified atom stereocenters. The molecule has 0 aliphatic carbocycles. The number of hydrogen-bond donors (Lipinski definition) is 2. The largest absolute Gasteiger partial charge is 0.326 e. The molecule has 2 N–H and O–H groups in total. The Hall–Kier alpha value is -1.35. The Morgan fingerprint density at radius 2 is 2.06 bits per heavy atom. The molecule has 0 aromatic heterocycles. The van der Waals surface area contributed by atoms with Crippen LogP contribution in [0.1, 0.15) is 18.9 Å². The van der Waals surface area contributed by atoms with E-state index in [1.165, 1.54) is 5.56 Å². The molecular weight excluding hydrogens is 200 g/mol. The number of rotatable bonds is 4. The van der Waals surface area contributed by atoms with E-state index in [0.717, 1.165) is 31.6 Å². The molecule has 1 aliphatic rings. The summed E-state index contributed by atoms with van der Waals surface area (Å²) in [5, 5.41) is 6.03. The highest BCUT2D eigenvalue weighted by atomic mass is 16.2. The van der Waals surface area contributed by atoms with Crippen molar-refractivity contribution < 1.29 is 4.79 Å². The summed E-state index contributed by atoms with van der Waals surface area (Å²) in [5.41, 5.74) is 2.22. The molecule has 2 rings (SSSR count). The Bertz CT molecular complexity index is 355. The van der Waals surface area contributed by atoms with Gasteiger partial charge in [-0.15, -0.1) is 0 Å². The molecule has 0 spiro atoms. The number of nitrogens with one attached hydrogen (secondary N) is 2. The van der Waals surface area contributed by atoms with Gasteiger partial charge in [-0.3, -0.25) is 4.79 Å². The Kier molecular flexibility index (Phi) is 3.57. The molecule has 1 amide bonds. The van der Waals surface area contributed by atoms with Crippen molar-refractivity contribution in [1.29, 1.82) is 0 Å². The van der Waals surface area contributed by atoms with Crippen molar-refractivity contribution in [3.63, 3.8) is 0 Å². The van der Waals surface area contributed by atoms with Gasteiger partial charge in [0.05, 0.1) is 5.92 Å². The van der Waals surface area contributed by atoms with Crippen molar-refractivity contribution in [2.75, 3.05) is 18.4 Å². The zero-order valence-corrected chi connectivity index (χ0v) is 9.62. The summed E-state index contributed by atoms with van der Waals surface area (Å²) in [6.07, 6.45) is 2.25. The second-order valence-electron chi connectivity index (χ2n) is 4.29. The van der Waals surface area contributed by atoms with E-state index in [9.17, 15) is 4.79 Å². The van der Waals surface area contributed by atoms with Crippen molar-refractivity contribution in [3.8, 4) is 0 Å². The topological polar surface area (TPSA) is 41.1 Å². The number of carbonyl (C=O) groups is 1. The van der Waals surface area contributed by atoms with Crippen LogP contribution in [0.3, 0.4) is 0 Å². The first-order chi connectivity index (χ1) is 7.79. The van der Waals surface area contributed by atoms with Crippen LogP contribution in [0.5, 0.6) is 0 Å². The van der Waals surface area contributed by atoms with E-state index in [1.54, 1.807) is 0 Å². The third-order valence-electron chi connectivity index (χ3n) is 2.91. The molecular formula is C13H18N2O. The zero-order chi connectivity index (χ0) is 11.4. The van der Waals surface area contributed by atoms with Crippen LogP contribution in [-0.2, 0) is 11.2 Å². The van der Waals surface area contributed by atoms with Gasteiger partial charge in [-0.25, -0.2) is 0 Å². The third kappa shape index (κ3) is 2.61. The summed E-state index contributed by atoms with van der Waals surface area (Å²) >= 11 is 0. The van der Waals surface area contributed by atoms with Crippen LogP contribution in [0.2, 0.25) is 0 Å². The maximum absolute atomic E-state index is 11.7. The molecule has 1 aliphatic heterocycles. The molecule has 16 heavy (non-hydrogen) atoms.